The fraction of sp³-hybridized carbons (Fsp3) is 0.846. The molecule has 19 heavy (non-hydrogen) atoms. The Morgan fingerprint density at radius 3 is 2.53 bits per heavy atom. The van der Waals surface area contributed by atoms with Gasteiger partial charge in [0.25, 0.3) is 0 Å². The van der Waals surface area contributed by atoms with Crippen LogP contribution < -0.4 is 5.32 Å². The Hall–Kier alpha value is -1.30. The Morgan fingerprint density at radius 1 is 1.37 bits per heavy atom. The fourth-order valence-electron chi connectivity index (χ4n) is 2.13. The number of carboxylic acids is 1. The van der Waals surface area contributed by atoms with Gasteiger partial charge in [-0.15, -0.1) is 0 Å². The van der Waals surface area contributed by atoms with Crippen molar-refractivity contribution in [1.29, 1.82) is 0 Å². The van der Waals surface area contributed by atoms with E-state index in [0.717, 1.165) is 6.54 Å². The van der Waals surface area contributed by atoms with Gasteiger partial charge in [0.2, 0.25) is 0 Å². The second-order valence-corrected chi connectivity index (χ2v) is 5.94. The van der Waals surface area contributed by atoms with Crippen molar-refractivity contribution in [1.82, 2.24) is 15.1 Å². The van der Waals surface area contributed by atoms with Gasteiger partial charge >= 0.3 is 12.0 Å². The molecule has 1 fully saturated rings. The standard InChI is InChI=1S/C13H25N3O3/c1-10(5-6-11(17)18)14-12(19)16-8-7-15(4)13(2,3)9-16/h10H,5-9H2,1-4H3,(H,14,19)(H,17,18). The number of piperazine rings is 1. The summed E-state index contributed by atoms with van der Waals surface area (Å²) in [7, 11) is 2.06. The molecule has 1 aliphatic rings. The van der Waals surface area contributed by atoms with E-state index in [2.05, 4.69) is 31.1 Å². The molecule has 0 aromatic carbocycles. The van der Waals surface area contributed by atoms with Gasteiger partial charge in [0, 0.05) is 37.6 Å². The van der Waals surface area contributed by atoms with Gasteiger partial charge in [-0.2, -0.15) is 0 Å². The summed E-state index contributed by atoms with van der Waals surface area (Å²) >= 11 is 0. The number of carbonyl (C=O) groups excluding carboxylic acids is 1. The summed E-state index contributed by atoms with van der Waals surface area (Å²) in [6.45, 7) is 8.30. The number of urea groups is 1. The second-order valence-electron chi connectivity index (χ2n) is 5.94. The number of amides is 2. The van der Waals surface area contributed by atoms with Gasteiger partial charge in [-0.05, 0) is 34.2 Å². The normalized spacial score (nSPS) is 20.9. The summed E-state index contributed by atoms with van der Waals surface area (Å²) in [5, 5.41) is 11.5. The van der Waals surface area contributed by atoms with Gasteiger partial charge in [0.15, 0.2) is 0 Å². The monoisotopic (exact) mass is 271 g/mol. The molecule has 110 valence electrons. The molecule has 2 N–H and O–H groups in total. The molecule has 0 bridgehead atoms. The number of hydrogen-bond donors (Lipinski definition) is 2. The van der Waals surface area contributed by atoms with Crippen LogP contribution in [-0.2, 0) is 4.79 Å². The lowest BCUT2D eigenvalue weighted by Gasteiger charge is -2.45. The number of carbonyl (C=O) groups is 2. The molecule has 1 aliphatic heterocycles. The summed E-state index contributed by atoms with van der Waals surface area (Å²) in [5.41, 5.74) is -0.0279. The summed E-state index contributed by atoms with van der Waals surface area (Å²) < 4.78 is 0. The first-order chi connectivity index (χ1) is 8.72. The highest BCUT2D eigenvalue weighted by Gasteiger charge is 2.33. The Bertz CT molecular complexity index is 344. The molecule has 0 aliphatic carbocycles. The molecule has 6 heteroatoms. The van der Waals surface area contributed by atoms with E-state index in [4.69, 9.17) is 5.11 Å². The van der Waals surface area contributed by atoms with Crippen molar-refractivity contribution >= 4 is 12.0 Å². The van der Waals surface area contributed by atoms with E-state index in [-0.39, 0.29) is 24.0 Å². The minimum Gasteiger partial charge on any atom is -0.481 e. The van der Waals surface area contributed by atoms with Crippen molar-refractivity contribution in [3.8, 4) is 0 Å². The van der Waals surface area contributed by atoms with Crippen LogP contribution in [-0.4, -0.2) is 65.2 Å². The zero-order valence-electron chi connectivity index (χ0n) is 12.3. The van der Waals surface area contributed by atoms with Crippen molar-refractivity contribution < 1.29 is 14.7 Å². The quantitative estimate of drug-likeness (QED) is 0.799. The average molecular weight is 271 g/mol. The summed E-state index contributed by atoms with van der Waals surface area (Å²) in [5.74, 6) is -0.832. The molecular weight excluding hydrogens is 246 g/mol. The molecule has 1 atom stereocenters. The highest BCUT2D eigenvalue weighted by atomic mass is 16.4. The second kappa shape index (κ2) is 6.23. The Kier molecular flexibility index (Phi) is 5.17. The van der Waals surface area contributed by atoms with Gasteiger partial charge in [0.05, 0.1) is 0 Å². The third-order valence-electron chi connectivity index (χ3n) is 3.76. The molecule has 1 unspecified atom stereocenters. The van der Waals surface area contributed by atoms with Crippen LogP contribution in [0.1, 0.15) is 33.6 Å². The van der Waals surface area contributed by atoms with E-state index in [9.17, 15) is 9.59 Å². The van der Waals surface area contributed by atoms with Gasteiger partial charge in [-0.1, -0.05) is 0 Å². The molecule has 0 spiro atoms. The minimum atomic E-state index is -0.832. The maximum atomic E-state index is 12.1. The van der Waals surface area contributed by atoms with Crippen LogP contribution in [0.5, 0.6) is 0 Å². The maximum Gasteiger partial charge on any atom is 0.317 e. The highest BCUT2D eigenvalue weighted by molar-refractivity contribution is 5.75. The van der Waals surface area contributed by atoms with Crippen molar-refractivity contribution in [3.63, 3.8) is 0 Å². The number of rotatable bonds is 4. The average Bonchev–Trinajstić information content (AvgIpc) is 2.29. The van der Waals surface area contributed by atoms with E-state index in [1.54, 1.807) is 4.90 Å². The lowest BCUT2D eigenvalue weighted by molar-refractivity contribution is -0.137. The molecule has 6 nitrogen and oxygen atoms in total. The van der Waals surface area contributed by atoms with Gasteiger partial charge in [0.1, 0.15) is 0 Å². The van der Waals surface area contributed by atoms with E-state index >= 15 is 0 Å². The van der Waals surface area contributed by atoms with Crippen LogP contribution in [0.25, 0.3) is 0 Å². The number of hydrogen-bond acceptors (Lipinski definition) is 3. The third kappa shape index (κ3) is 4.70. The lowest BCUT2D eigenvalue weighted by Crippen LogP contribution is -2.61. The summed E-state index contributed by atoms with van der Waals surface area (Å²) in [6.07, 6.45) is 0.536. The molecule has 1 heterocycles. The van der Waals surface area contributed by atoms with Crippen LogP contribution in [0.15, 0.2) is 0 Å². The van der Waals surface area contributed by atoms with Crippen LogP contribution in [0.2, 0.25) is 0 Å². The zero-order valence-corrected chi connectivity index (χ0v) is 12.3. The Labute approximate surface area is 114 Å². The van der Waals surface area contributed by atoms with Crippen LogP contribution >= 0.6 is 0 Å². The van der Waals surface area contributed by atoms with E-state index in [1.807, 2.05) is 6.92 Å². The number of nitrogens with zero attached hydrogens (tertiary/aromatic N) is 2. The highest BCUT2D eigenvalue weighted by Crippen LogP contribution is 2.18. The first-order valence-electron chi connectivity index (χ1n) is 6.71. The largest absolute Gasteiger partial charge is 0.481 e. The molecule has 0 aromatic heterocycles. The molecule has 2 amide bonds. The molecule has 0 saturated carbocycles. The van der Waals surface area contributed by atoms with Crippen molar-refractivity contribution in [2.45, 2.75) is 45.2 Å². The predicted octanol–water partition coefficient (Wildman–Crippen LogP) is 0.975. The summed E-state index contributed by atoms with van der Waals surface area (Å²) in [6, 6.07) is -0.217. The fourth-order valence-corrected chi connectivity index (χ4v) is 2.13. The third-order valence-corrected chi connectivity index (χ3v) is 3.76. The number of aliphatic carboxylic acids is 1. The molecule has 1 saturated heterocycles. The minimum absolute atomic E-state index is 0.0279. The van der Waals surface area contributed by atoms with Gasteiger partial charge in [-0.25, -0.2) is 4.79 Å². The van der Waals surface area contributed by atoms with Crippen molar-refractivity contribution in [2.24, 2.45) is 0 Å². The summed E-state index contributed by atoms with van der Waals surface area (Å²) in [4.78, 5) is 26.6. The first kappa shape index (κ1) is 15.8. The van der Waals surface area contributed by atoms with Gasteiger partial charge < -0.3 is 15.3 Å². The Morgan fingerprint density at radius 2 is 2.00 bits per heavy atom. The van der Waals surface area contributed by atoms with Crippen LogP contribution in [0.4, 0.5) is 4.79 Å². The first-order valence-corrected chi connectivity index (χ1v) is 6.71. The van der Waals surface area contributed by atoms with Crippen LogP contribution in [0, 0.1) is 0 Å². The SMILES string of the molecule is CC(CCC(=O)O)NC(=O)N1CCN(C)C(C)(C)C1. The van der Waals surface area contributed by atoms with E-state index in [1.165, 1.54) is 0 Å². The van der Waals surface area contributed by atoms with Crippen molar-refractivity contribution in [3.05, 3.63) is 0 Å². The molecular formula is C13H25N3O3. The van der Waals surface area contributed by atoms with Crippen molar-refractivity contribution in [2.75, 3.05) is 26.7 Å². The molecule has 1 rings (SSSR count). The number of nitrogens with one attached hydrogen (secondary N) is 1. The maximum absolute atomic E-state index is 12.1. The van der Waals surface area contributed by atoms with E-state index in [0.29, 0.717) is 19.5 Å². The number of likely N-dealkylation sites (N-methyl/N-ethyl adjacent to an activating group) is 1. The molecule has 0 aromatic rings. The predicted molar refractivity (Wildman–Crippen MR) is 73.1 cm³/mol. The lowest BCUT2D eigenvalue weighted by atomic mass is 10.00. The van der Waals surface area contributed by atoms with Gasteiger partial charge in [-0.3, -0.25) is 9.69 Å². The van der Waals surface area contributed by atoms with Crippen LogP contribution in [0.3, 0.4) is 0 Å². The number of carboxylic acid groups (broad SMARTS) is 1. The molecule has 0 radical (unpaired) electrons. The van der Waals surface area contributed by atoms with E-state index < -0.39 is 5.97 Å². The Balaban J connectivity index is 2.43. The smallest absolute Gasteiger partial charge is 0.317 e. The zero-order chi connectivity index (χ0) is 14.6. The topological polar surface area (TPSA) is 72.9 Å².